The number of pyridine rings is 1. The number of carbonyl (C=O) groups is 1. The number of nitrogens with zero attached hydrogens (tertiary/aromatic N) is 3. The van der Waals surface area contributed by atoms with Crippen molar-refractivity contribution in [2.75, 3.05) is 7.11 Å². The third kappa shape index (κ3) is 2.96. The second kappa shape index (κ2) is 6.77. The minimum absolute atomic E-state index is 0.146. The lowest BCUT2D eigenvalue weighted by atomic mass is 10.1. The number of methoxy groups -OCH3 is 1. The topological polar surface area (TPSA) is 66.1 Å². The number of esters is 1. The van der Waals surface area contributed by atoms with Gasteiger partial charge in [0.25, 0.3) is 5.56 Å². The van der Waals surface area contributed by atoms with Gasteiger partial charge < -0.3 is 9.30 Å². The summed E-state index contributed by atoms with van der Waals surface area (Å²) in [4.78, 5) is 25.3. The average Bonchev–Trinajstić information content (AvgIpc) is 3.04. The molecule has 6 nitrogen and oxygen atoms in total. The summed E-state index contributed by atoms with van der Waals surface area (Å²) in [5.74, 6) is -0.995. The summed E-state index contributed by atoms with van der Waals surface area (Å²) in [6, 6.07) is 13.1. The van der Waals surface area contributed by atoms with Crippen LogP contribution in [0.3, 0.4) is 0 Å². The Kier molecular flexibility index (Phi) is 4.27. The predicted molar refractivity (Wildman–Crippen MR) is 102 cm³/mol. The third-order valence-electron chi connectivity index (χ3n) is 4.45. The van der Waals surface area contributed by atoms with Crippen molar-refractivity contribution >= 4 is 5.97 Å². The van der Waals surface area contributed by atoms with Gasteiger partial charge in [0.1, 0.15) is 17.1 Å². The summed E-state index contributed by atoms with van der Waals surface area (Å²) in [7, 11) is 1.26. The Labute approximate surface area is 159 Å². The Morgan fingerprint density at radius 3 is 2.50 bits per heavy atom. The molecule has 0 spiro atoms. The van der Waals surface area contributed by atoms with Crippen LogP contribution in [0.25, 0.3) is 22.6 Å². The fourth-order valence-electron chi connectivity index (χ4n) is 3.06. The molecule has 0 atom stereocenters. The van der Waals surface area contributed by atoms with E-state index in [9.17, 15) is 14.0 Å². The zero-order chi connectivity index (χ0) is 19.8. The van der Waals surface area contributed by atoms with E-state index >= 15 is 0 Å². The third-order valence-corrected chi connectivity index (χ3v) is 4.45. The molecule has 0 amide bonds. The van der Waals surface area contributed by atoms with Crippen molar-refractivity contribution in [3.8, 4) is 22.6 Å². The van der Waals surface area contributed by atoms with Gasteiger partial charge in [-0.1, -0.05) is 12.1 Å². The molecule has 28 heavy (non-hydrogen) atoms. The lowest BCUT2D eigenvalue weighted by Gasteiger charge is -2.11. The number of fused-ring (bicyclic) bond motifs is 1. The van der Waals surface area contributed by atoms with Crippen LogP contribution in [0.2, 0.25) is 0 Å². The molecule has 0 unspecified atom stereocenters. The summed E-state index contributed by atoms with van der Waals surface area (Å²) < 4.78 is 21.0. The summed E-state index contributed by atoms with van der Waals surface area (Å²) in [5.41, 5.74) is 2.47. The number of rotatable bonds is 3. The van der Waals surface area contributed by atoms with Gasteiger partial charge in [-0.25, -0.2) is 9.18 Å². The van der Waals surface area contributed by atoms with Crippen LogP contribution in [-0.4, -0.2) is 27.4 Å². The van der Waals surface area contributed by atoms with E-state index in [0.29, 0.717) is 11.4 Å². The van der Waals surface area contributed by atoms with Crippen molar-refractivity contribution in [2.45, 2.75) is 6.92 Å². The first-order valence-corrected chi connectivity index (χ1v) is 8.54. The molecule has 0 N–H and O–H groups in total. The molecular weight excluding hydrogens is 361 g/mol. The van der Waals surface area contributed by atoms with E-state index < -0.39 is 5.97 Å². The molecule has 0 aliphatic carbocycles. The molecule has 0 radical (unpaired) electrons. The lowest BCUT2D eigenvalue weighted by Crippen LogP contribution is -2.15. The second-order valence-corrected chi connectivity index (χ2v) is 6.37. The van der Waals surface area contributed by atoms with Crippen molar-refractivity contribution in [3.63, 3.8) is 0 Å². The Balaban J connectivity index is 1.99. The molecule has 2 heterocycles. The number of hydrogen-bond acceptors (Lipinski definition) is 4. The molecule has 140 valence electrons. The molecule has 2 aromatic carbocycles. The normalized spacial score (nSPS) is 11.0. The summed E-state index contributed by atoms with van der Waals surface area (Å²) >= 11 is 0. The van der Waals surface area contributed by atoms with Crippen LogP contribution in [-0.2, 0) is 4.74 Å². The Hall–Kier alpha value is -3.74. The van der Waals surface area contributed by atoms with E-state index in [-0.39, 0.29) is 28.2 Å². The van der Waals surface area contributed by atoms with Gasteiger partial charge in [0.05, 0.1) is 18.4 Å². The van der Waals surface area contributed by atoms with Gasteiger partial charge >= 0.3 is 5.97 Å². The number of aromatic nitrogens is 3. The molecule has 7 heteroatoms. The second-order valence-electron chi connectivity index (χ2n) is 6.37. The molecule has 0 aromatic heterocycles. The Morgan fingerprint density at radius 1 is 1.07 bits per heavy atom. The number of carbonyl (C=O) groups excluding carboxylic acids is 1. The lowest BCUT2D eigenvalue weighted by molar-refractivity contribution is 0.0600. The van der Waals surface area contributed by atoms with Gasteiger partial charge in [0.2, 0.25) is 0 Å². The zero-order valence-corrected chi connectivity index (χ0v) is 15.2. The van der Waals surface area contributed by atoms with Crippen LogP contribution in [0.4, 0.5) is 4.39 Å². The molecule has 0 fully saturated rings. The van der Waals surface area contributed by atoms with Crippen LogP contribution in [0.5, 0.6) is 0 Å². The predicted octanol–water partition coefficient (Wildman–Crippen LogP) is 3.36. The molecular formula is C21H16FN3O3. The van der Waals surface area contributed by atoms with E-state index in [1.807, 2.05) is 25.1 Å². The standard InChI is InChI=1S/C21H16FN3O3/c1-13-4-3-5-16(10-13)25-20(26)17-11-24(15-8-6-14(22)7-9-15)12-18(19(17)23-25)21(27)28-2/h3-12H,1-2H3. The first-order chi connectivity index (χ1) is 13.5. The first kappa shape index (κ1) is 17.7. The smallest absolute Gasteiger partial charge is 0.341 e. The maximum atomic E-state index is 13.3. The number of aryl methyl sites for hydroxylation is 1. The number of hydrogen-bond donors (Lipinski definition) is 0. The molecule has 2 aliphatic rings. The van der Waals surface area contributed by atoms with Gasteiger partial charge in [-0.2, -0.15) is 9.78 Å². The van der Waals surface area contributed by atoms with Gasteiger partial charge in [-0.15, -0.1) is 0 Å². The summed E-state index contributed by atoms with van der Waals surface area (Å²) in [5, 5.41) is 4.37. The molecule has 2 aromatic rings. The fraction of sp³-hybridized carbons (Fsp3) is 0.0952. The summed E-state index contributed by atoms with van der Waals surface area (Å²) in [6.45, 7) is 1.92. The first-order valence-electron chi connectivity index (χ1n) is 8.54. The average molecular weight is 377 g/mol. The number of ether oxygens (including phenoxy) is 1. The molecule has 0 bridgehead atoms. The minimum Gasteiger partial charge on any atom is -0.465 e. The van der Waals surface area contributed by atoms with Gasteiger partial charge in [-0.05, 0) is 48.9 Å². The maximum absolute atomic E-state index is 13.3. The zero-order valence-electron chi connectivity index (χ0n) is 15.2. The van der Waals surface area contributed by atoms with Crippen LogP contribution >= 0.6 is 0 Å². The quantitative estimate of drug-likeness (QED) is 0.514. The van der Waals surface area contributed by atoms with Crippen molar-refractivity contribution in [1.82, 2.24) is 14.3 Å². The fourth-order valence-corrected chi connectivity index (χ4v) is 3.06. The highest BCUT2D eigenvalue weighted by Gasteiger charge is 2.25. The van der Waals surface area contributed by atoms with Crippen LogP contribution in [0.15, 0.2) is 65.7 Å². The Morgan fingerprint density at radius 2 is 1.82 bits per heavy atom. The highest BCUT2D eigenvalue weighted by Crippen LogP contribution is 2.25. The molecule has 2 aliphatic heterocycles. The van der Waals surface area contributed by atoms with Crippen LogP contribution in [0.1, 0.15) is 15.9 Å². The summed E-state index contributed by atoms with van der Waals surface area (Å²) in [6.07, 6.45) is 3.10. The highest BCUT2D eigenvalue weighted by molar-refractivity contribution is 5.96. The largest absolute Gasteiger partial charge is 0.465 e. The maximum Gasteiger partial charge on any atom is 0.341 e. The van der Waals surface area contributed by atoms with E-state index in [4.69, 9.17) is 4.74 Å². The number of benzene rings is 2. The molecule has 4 rings (SSSR count). The van der Waals surface area contributed by atoms with Crippen molar-refractivity contribution in [3.05, 3.63) is 88.2 Å². The van der Waals surface area contributed by atoms with Gasteiger partial charge in [0.15, 0.2) is 0 Å². The van der Waals surface area contributed by atoms with Crippen molar-refractivity contribution in [2.24, 2.45) is 0 Å². The van der Waals surface area contributed by atoms with Gasteiger partial charge in [-0.3, -0.25) is 4.79 Å². The molecule has 0 saturated heterocycles. The monoisotopic (exact) mass is 377 g/mol. The SMILES string of the molecule is COC(=O)c1cn(-c2ccc(F)cc2)cc2c(=O)n(-c3cccc(C)c3)nc1-2. The van der Waals surface area contributed by atoms with E-state index in [2.05, 4.69) is 5.10 Å². The molecule has 0 saturated carbocycles. The van der Waals surface area contributed by atoms with Crippen LogP contribution < -0.4 is 5.56 Å². The highest BCUT2D eigenvalue weighted by atomic mass is 19.1. The van der Waals surface area contributed by atoms with Crippen molar-refractivity contribution < 1.29 is 13.9 Å². The minimum atomic E-state index is -0.615. The van der Waals surface area contributed by atoms with Crippen molar-refractivity contribution in [1.29, 1.82) is 0 Å². The van der Waals surface area contributed by atoms with E-state index in [1.165, 1.54) is 30.1 Å². The van der Waals surface area contributed by atoms with Crippen LogP contribution in [0, 0.1) is 12.7 Å². The number of halogens is 1. The van der Waals surface area contributed by atoms with E-state index in [0.717, 1.165) is 5.56 Å². The van der Waals surface area contributed by atoms with E-state index in [1.54, 1.807) is 29.0 Å². The van der Waals surface area contributed by atoms with Gasteiger partial charge in [0, 0.05) is 18.1 Å². The Bertz CT molecular complexity index is 1210.